The summed E-state index contributed by atoms with van der Waals surface area (Å²) in [7, 11) is 0. The van der Waals surface area contributed by atoms with E-state index in [9.17, 15) is 19.8 Å². The molecule has 2 unspecified atom stereocenters. The minimum Gasteiger partial charge on any atom is -0.481 e. The highest BCUT2D eigenvalue weighted by Crippen LogP contribution is 2.55. The molecule has 0 saturated carbocycles. The number of carboxylic acid groups (broad SMARTS) is 2. The quantitative estimate of drug-likeness (QED) is 0.268. The first-order chi connectivity index (χ1) is 12.8. The van der Waals surface area contributed by atoms with Gasteiger partial charge < -0.3 is 10.2 Å². The van der Waals surface area contributed by atoms with Crippen molar-refractivity contribution in [2.75, 3.05) is 0 Å². The molecule has 2 atom stereocenters. The third-order valence-electron chi connectivity index (χ3n) is 6.30. The molecule has 4 nitrogen and oxygen atoms in total. The van der Waals surface area contributed by atoms with Crippen LogP contribution in [0.3, 0.4) is 0 Å². The van der Waals surface area contributed by atoms with E-state index < -0.39 is 22.8 Å². The molecule has 0 radical (unpaired) electrons. The Morgan fingerprint density at radius 1 is 0.815 bits per heavy atom. The normalized spacial score (nSPS) is 25.0. The lowest BCUT2D eigenvalue weighted by Crippen LogP contribution is -2.54. The van der Waals surface area contributed by atoms with Gasteiger partial charge in [-0.15, -0.1) is 0 Å². The van der Waals surface area contributed by atoms with Gasteiger partial charge in [-0.1, -0.05) is 90.7 Å². The van der Waals surface area contributed by atoms with Crippen LogP contribution in [0.5, 0.6) is 0 Å². The SMILES string of the molecule is CCCCCCCCCCCC1(C(=O)O)CC=CCC1(CC(C)C)C(=O)O. The van der Waals surface area contributed by atoms with Gasteiger partial charge in [-0.25, -0.2) is 0 Å². The Morgan fingerprint density at radius 2 is 1.26 bits per heavy atom. The summed E-state index contributed by atoms with van der Waals surface area (Å²) in [6, 6.07) is 0. The number of carboxylic acids is 2. The van der Waals surface area contributed by atoms with Gasteiger partial charge in [-0.05, 0) is 31.6 Å². The Labute approximate surface area is 165 Å². The minimum absolute atomic E-state index is 0.148. The zero-order chi connectivity index (χ0) is 20.3. The molecule has 1 aliphatic carbocycles. The molecule has 2 N–H and O–H groups in total. The van der Waals surface area contributed by atoms with Crippen LogP contribution in [0.2, 0.25) is 0 Å². The van der Waals surface area contributed by atoms with Crippen LogP contribution in [0.25, 0.3) is 0 Å². The van der Waals surface area contributed by atoms with E-state index in [0.29, 0.717) is 25.7 Å². The van der Waals surface area contributed by atoms with Crippen molar-refractivity contribution in [2.24, 2.45) is 16.7 Å². The number of hydrogen-bond acceptors (Lipinski definition) is 2. The zero-order valence-electron chi connectivity index (χ0n) is 17.6. The molecular weight excluding hydrogens is 340 g/mol. The lowest BCUT2D eigenvalue weighted by Gasteiger charge is -2.47. The monoisotopic (exact) mass is 380 g/mol. The van der Waals surface area contributed by atoms with Crippen LogP contribution < -0.4 is 0 Å². The van der Waals surface area contributed by atoms with Crippen LogP contribution in [0.15, 0.2) is 12.2 Å². The van der Waals surface area contributed by atoms with Crippen LogP contribution in [0, 0.1) is 16.7 Å². The third kappa shape index (κ3) is 6.08. The van der Waals surface area contributed by atoms with Gasteiger partial charge >= 0.3 is 11.9 Å². The van der Waals surface area contributed by atoms with E-state index in [1.54, 1.807) is 0 Å². The lowest BCUT2D eigenvalue weighted by molar-refractivity contribution is -0.178. The molecule has 156 valence electrons. The van der Waals surface area contributed by atoms with Gasteiger partial charge in [0.15, 0.2) is 0 Å². The van der Waals surface area contributed by atoms with Gasteiger partial charge in [0.1, 0.15) is 0 Å². The first kappa shape index (κ1) is 23.7. The van der Waals surface area contributed by atoms with Crippen LogP contribution in [-0.2, 0) is 9.59 Å². The van der Waals surface area contributed by atoms with E-state index in [0.717, 1.165) is 19.3 Å². The van der Waals surface area contributed by atoms with E-state index in [1.165, 1.54) is 38.5 Å². The molecule has 0 saturated heterocycles. The van der Waals surface area contributed by atoms with Crippen molar-refractivity contribution >= 4 is 11.9 Å². The summed E-state index contributed by atoms with van der Waals surface area (Å²) < 4.78 is 0. The Morgan fingerprint density at radius 3 is 1.70 bits per heavy atom. The Hall–Kier alpha value is -1.32. The summed E-state index contributed by atoms with van der Waals surface area (Å²) in [6.45, 7) is 6.18. The van der Waals surface area contributed by atoms with Crippen molar-refractivity contribution in [2.45, 2.75) is 104 Å². The Bertz CT molecular complexity index is 497. The minimum atomic E-state index is -1.19. The fourth-order valence-corrected chi connectivity index (χ4v) is 4.79. The smallest absolute Gasteiger partial charge is 0.311 e. The second kappa shape index (κ2) is 11.5. The summed E-state index contributed by atoms with van der Waals surface area (Å²) in [6.07, 6.45) is 15.8. The number of unbranched alkanes of at least 4 members (excludes halogenated alkanes) is 8. The predicted molar refractivity (Wildman–Crippen MR) is 110 cm³/mol. The molecule has 0 amide bonds. The summed E-state index contributed by atoms with van der Waals surface area (Å²) in [5, 5.41) is 20.2. The molecule has 0 fully saturated rings. The summed E-state index contributed by atoms with van der Waals surface area (Å²) >= 11 is 0. The number of aliphatic carboxylic acids is 2. The molecule has 1 rings (SSSR count). The highest BCUT2D eigenvalue weighted by Gasteiger charge is 2.60. The van der Waals surface area contributed by atoms with Crippen LogP contribution in [-0.4, -0.2) is 22.2 Å². The molecule has 0 heterocycles. The number of hydrogen-bond donors (Lipinski definition) is 2. The second-order valence-electron chi connectivity index (χ2n) is 8.83. The van der Waals surface area contributed by atoms with Gasteiger partial charge in [0, 0.05) is 0 Å². The number of allylic oxidation sites excluding steroid dienone is 2. The van der Waals surface area contributed by atoms with Gasteiger partial charge in [-0.3, -0.25) is 9.59 Å². The van der Waals surface area contributed by atoms with Crippen LogP contribution in [0.1, 0.15) is 104 Å². The molecule has 27 heavy (non-hydrogen) atoms. The molecule has 0 bridgehead atoms. The van der Waals surface area contributed by atoms with Crippen molar-refractivity contribution in [3.63, 3.8) is 0 Å². The molecule has 1 aliphatic rings. The van der Waals surface area contributed by atoms with Crippen molar-refractivity contribution in [1.82, 2.24) is 0 Å². The zero-order valence-corrected chi connectivity index (χ0v) is 17.6. The van der Waals surface area contributed by atoms with Crippen molar-refractivity contribution in [3.05, 3.63) is 12.2 Å². The molecule has 0 aromatic rings. The fraction of sp³-hybridized carbons (Fsp3) is 0.826. The molecule has 0 spiro atoms. The van der Waals surface area contributed by atoms with E-state index in [-0.39, 0.29) is 5.92 Å². The Kier molecular flexibility index (Phi) is 10.1. The van der Waals surface area contributed by atoms with Crippen molar-refractivity contribution in [3.8, 4) is 0 Å². The average Bonchev–Trinajstić information content (AvgIpc) is 2.60. The van der Waals surface area contributed by atoms with E-state index in [2.05, 4.69) is 6.92 Å². The second-order valence-corrected chi connectivity index (χ2v) is 8.83. The van der Waals surface area contributed by atoms with Gasteiger partial charge in [-0.2, -0.15) is 0 Å². The van der Waals surface area contributed by atoms with E-state index in [1.807, 2.05) is 26.0 Å². The molecule has 0 aliphatic heterocycles. The summed E-state index contributed by atoms with van der Waals surface area (Å²) in [4.78, 5) is 24.6. The van der Waals surface area contributed by atoms with Gasteiger partial charge in [0.2, 0.25) is 0 Å². The largest absolute Gasteiger partial charge is 0.481 e. The first-order valence-corrected chi connectivity index (χ1v) is 10.9. The topological polar surface area (TPSA) is 74.6 Å². The van der Waals surface area contributed by atoms with E-state index >= 15 is 0 Å². The standard InChI is InChI=1S/C23H40O4/c1-4-5-6-7-8-9-10-11-12-15-22(20(24)25)16-13-14-17-23(22,21(26)27)18-19(2)3/h13-14,19H,4-12,15-18H2,1-3H3,(H,24,25)(H,26,27). The number of carbonyl (C=O) groups is 2. The van der Waals surface area contributed by atoms with Gasteiger partial charge in [0.25, 0.3) is 0 Å². The highest BCUT2D eigenvalue weighted by molar-refractivity contribution is 5.87. The van der Waals surface area contributed by atoms with Crippen LogP contribution >= 0.6 is 0 Å². The lowest BCUT2D eigenvalue weighted by atomic mass is 9.53. The van der Waals surface area contributed by atoms with E-state index in [4.69, 9.17) is 0 Å². The van der Waals surface area contributed by atoms with Gasteiger partial charge in [0.05, 0.1) is 10.8 Å². The molecular formula is C23H40O4. The van der Waals surface area contributed by atoms with Crippen LogP contribution in [0.4, 0.5) is 0 Å². The number of rotatable bonds is 14. The van der Waals surface area contributed by atoms with Crippen molar-refractivity contribution in [1.29, 1.82) is 0 Å². The average molecular weight is 381 g/mol. The summed E-state index contributed by atoms with van der Waals surface area (Å²) in [5.41, 5.74) is -2.37. The third-order valence-corrected chi connectivity index (χ3v) is 6.30. The highest BCUT2D eigenvalue weighted by atomic mass is 16.4. The van der Waals surface area contributed by atoms with Crippen molar-refractivity contribution < 1.29 is 19.8 Å². The predicted octanol–water partition coefficient (Wildman–Crippen LogP) is 6.45. The molecule has 0 aromatic carbocycles. The molecule has 4 heteroatoms. The Balaban J connectivity index is 2.71. The maximum Gasteiger partial charge on any atom is 0.311 e. The molecule has 0 aromatic heterocycles. The maximum atomic E-state index is 12.3. The fourth-order valence-electron chi connectivity index (χ4n) is 4.79. The first-order valence-electron chi connectivity index (χ1n) is 10.9. The summed E-state index contributed by atoms with van der Waals surface area (Å²) in [5.74, 6) is -1.73. The maximum absolute atomic E-state index is 12.3.